The number of carbonyl (C=O) groups is 2. The lowest BCUT2D eigenvalue weighted by Crippen LogP contribution is -2.51. The second-order valence-electron chi connectivity index (χ2n) is 8.97. The average molecular weight is 554 g/mol. The molecular formula is C23H29F6N5O4. The van der Waals surface area contributed by atoms with Gasteiger partial charge < -0.3 is 10.2 Å². The molecule has 0 amide bonds. The van der Waals surface area contributed by atoms with E-state index in [1.807, 2.05) is 30.2 Å². The van der Waals surface area contributed by atoms with Gasteiger partial charge in [-0.05, 0) is 44.4 Å². The summed E-state index contributed by atoms with van der Waals surface area (Å²) in [5.41, 5.74) is 2.94. The van der Waals surface area contributed by atoms with Gasteiger partial charge in [-0.15, -0.1) is 0 Å². The molecule has 2 aromatic rings. The number of alkyl halides is 6. The Kier molecular flexibility index (Phi) is 10.6. The number of nitrogens with zero attached hydrogens (tertiary/aromatic N) is 5. The third-order valence-electron chi connectivity index (χ3n) is 6.26. The van der Waals surface area contributed by atoms with Gasteiger partial charge in [0.25, 0.3) is 0 Å². The molecule has 38 heavy (non-hydrogen) atoms. The van der Waals surface area contributed by atoms with Crippen molar-refractivity contribution in [2.24, 2.45) is 7.05 Å². The second kappa shape index (κ2) is 13.0. The molecule has 0 unspecified atom stereocenters. The third kappa shape index (κ3) is 9.59. The summed E-state index contributed by atoms with van der Waals surface area (Å²) < 4.78 is 65.4. The van der Waals surface area contributed by atoms with Crippen molar-refractivity contribution < 1.29 is 46.1 Å². The van der Waals surface area contributed by atoms with Gasteiger partial charge in [-0.1, -0.05) is 6.07 Å². The molecule has 15 heteroatoms. The van der Waals surface area contributed by atoms with Crippen LogP contribution in [-0.2, 0) is 29.7 Å². The van der Waals surface area contributed by atoms with Gasteiger partial charge in [0.05, 0.1) is 11.9 Å². The van der Waals surface area contributed by atoms with Gasteiger partial charge >= 0.3 is 24.3 Å². The zero-order valence-electron chi connectivity index (χ0n) is 20.5. The zero-order valence-corrected chi connectivity index (χ0v) is 20.5. The molecule has 2 aliphatic rings. The van der Waals surface area contributed by atoms with Gasteiger partial charge in [0, 0.05) is 56.7 Å². The molecule has 0 saturated carbocycles. The maximum atomic E-state index is 10.6. The number of rotatable bonds is 4. The molecule has 4 heterocycles. The van der Waals surface area contributed by atoms with Gasteiger partial charge in [-0.25, -0.2) is 9.59 Å². The maximum Gasteiger partial charge on any atom is 0.490 e. The van der Waals surface area contributed by atoms with Crippen LogP contribution in [0.2, 0.25) is 0 Å². The van der Waals surface area contributed by atoms with Crippen molar-refractivity contribution in [3.05, 3.63) is 48.0 Å². The normalized spacial score (nSPS) is 17.8. The highest BCUT2D eigenvalue weighted by Crippen LogP contribution is 2.39. The van der Waals surface area contributed by atoms with E-state index in [9.17, 15) is 26.3 Å². The van der Waals surface area contributed by atoms with E-state index in [-0.39, 0.29) is 0 Å². The molecule has 2 saturated heterocycles. The molecule has 2 fully saturated rings. The molecule has 212 valence electrons. The molecule has 2 aromatic heterocycles. The monoisotopic (exact) mass is 553 g/mol. The predicted octanol–water partition coefficient (Wildman–Crippen LogP) is 3.71. The van der Waals surface area contributed by atoms with Crippen LogP contribution in [0.5, 0.6) is 0 Å². The number of likely N-dealkylation sites (tertiary alicyclic amines) is 2. The van der Waals surface area contributed by atoms with Crippen LogP contribution >= 0.6 is 0 Å². The van der Waals surface area contributed by atoms with E-state index in [0.29, 0.717) is 5.54 Å². The van der Waals surface area contributed by atoms with Crippen molar-refractivity contribution in [3.63, 3.8) is 0 Å². The van der Waals surface area contributed by atoms with Crippen LogP contribution in [0.1, 0.15) is 36.9 Å². The summed E-state index contributed by atoms with van der Waals surface area (Å²) in [5.74, 6) is -5.51. The highest BCUT2D eigenvalue weighted by atomic mass is 19.4. The van der Waals surface area contributed by atoms with Gasteiger partial charge in [0.15, 0.2) is 0 Å². The van der Waals surface area contributed by atoms with Gasteiger partial charge in [0.1, 0.15) is 0 Å². The van der Waals surface area contributed by atoms with Crippen LogP contribution < -0.4 is 0 Å². The number of hydrogen-bond donors (Lipinski definition) is 2. The highest BCUT2D eigenvalue weighted by molar-refractivity contribution is 5.73. The molecule has 4 rings (SSSR count). The Hall–Kier alpha value is -3.20. The first kappa shape index (κ1) is 31.0. The molecule has 0 atom stereocenters. The van der Waals surface area contributed by atoms with Crippen LogP contribution in [0.15, 0.2) is 36.8 Å². The smallest absolute Gasteiger partial charge is 0.475 e. The van der Waals surface area contributed by atoms with E-state index in [2.05, 4.69) is 38.2 Å². The third-order valence-corrected chi connectivity index (χ3v) is 6.26. The molecule has 2 aliphatic heterocycles. The Balaban J connectivity index is 0.000000301. The standard InChI is InChI=1S/C19H27N5.2C2HF3O2/c1-22-14-17(13-21-22)15-24-10-4-6-19(24)7-11-23(12-8-19)16-18-5-2-3-9-20-18;2*3-2(4,5)1(6)7/h2-3,5,9,13-14H,4,6-8,10-12,15-16H2,1H3;2*(H,6,7). The van der Waals surface area contributed by atoms with Gasteiger partial charge in [-0.2, -0.15) is 31.4 Å². The molecule has 0 bridgehead atoms. The number of hydrogen-bond acceptors (Lipinski definition) is 6. The van der Waals surface area contributed by atoms with Gasteiger partial charge in [0.2, 0.25) is 0 Å². The van der Waals surface area contributed by atoms with Crippen molar-refractivity contribution in [2.45, 2.75) is 56.7 Å². The van der Waals surface area contributed by atoms with E-state index >= 15 is 0 Å². The number of carboxylic acid groups (broad SMARTS) is 2. The first-order valence-electron chi connectivity index (χ1n) is 11.6. The fourth-order valence-corrected chi connectivity index (χ4v) is 4.43. The Morgan fingerprint density at radius 3 is 1.97 bits per heavy atom. The first-order valence-corrected chi connectivity index (χ1v) is 11.6. The number of aromatic nitrogens is 3. The van der Waals surface area contributed by atoms with Crippen LogP contribution in [0.4, 0.5) is 26.3 Å². The molecule has 2 N–H and O–H groups in total. The topological polar surface area (TPSA) is 112 Å². The van der Waals surface area contributed by atoms with E-state index in [4.69, 9.17) is 19.8 Å². The van der Waals surface area contributed by atoms with E-state index < -0.39 is 24.3 Å². The Morgan fingerprint density at radius 1 is 0.947 bits per heavy atom. The van der Waals surface area contributed by atoms with Crippen LogP contribution in [0, 0.1) is 0 Å². The molecule has 0 radical (unpaired) electrons. The number of halogens is 6. The first-order chi connectivity index (χ1) is 17.6. The fourth-order valence-electron chi connectivity index (χ4n) is 4.43. The van der Waals surface area contributed by atoms with Crippen molar-refractivity contribution in [1.29, 1.82) is 0 Å². The summed E-state index contributed by atoms with van der Waals surface area (Å²) >= 11 is 0. The molecule has 0 aromatic carbocycles. The number of pyridine rings is 1. The van der Waals surface area contributed by atoms with Crippen molar-refractivity contribution in [3.8, 4) is 0 Å². The zero-order chi connectivity index (χ0) is 28.6. The minimum Gasteiger partial charge on any atom is -0.475 e. The van der Waals surface area contributed by atoms with Crippen LogP contribution in [-0.4, -0.2) is 84.2 Å². The lowest BCUT2D eigenvalue weighted by molar-refractivity contribution is -0.193. The number of aliphatic carboxylic acids is 2. The Morgan fingerprint density at radius 2 is 1.53 bits per heavy atom. The van der Waals surface area contributed by atoms with Crippen LogP contribution in [0.25, 0.3) is 0 Å². The fraction of sp³-hybridized carbons (Fsp3) is 0.565. The van der Waals surface area contributed by atoms with Crippen molar-refractivity contribution >= 4 is 11.9 Å². The summed E-state index contributed by atoms with van der Waals surface area (Å²) in [5, 5.41) is 18.6. The van der Waals surface area contributed by atoms with E-state index in [0.717, 1.165) is 13.1 Å². The van der Waals surface area contributed by atoms with Crippen molar-refractivity contribution in [2.75, 3.05) is 19.6 Å². The average Bonchev–Trinajstić information content (AvgIpc) is 3.42. The van der Waals surface area contributed by atoms with Crippen molar-refractivity contribution in [1.82, 2.24) is 24.6 Å². The second-order valence-corrected chi connectivity index (χ2v) is 8.97. The molecular weight excluding hydrogens is 524 g/mol. The molecule has 0 aliphatic carbocycles. The molecule has 1 spiro atoms. The van der Waals surface area contributed by atoms with Crippen LogP contribution in [0.3, 0.4) is 0 Å². The van der Waals surface area contributed by atoms with E-state index in [1.54, 1.807) is 0 Å². The molecule has 9 nitrogen and oxygen atoms in total. The summed E-state index contributed by atoms with van der Waals surface area (Å²) in [6.07, 6.45) is 1.14. The largest absolute Gasteiger partial charge is 0.490 e. The Labute approximate surface area is 214 Å². The number of piperidine rings is 1. The lowest BCUT2D eigenvalue weighted by Gasteiger charge is -2.45. The van der Waals surface area contributed by atoms with Gasteiger partial charge in [-0.3, -0.25) is 19.5 Å². The Bertz CT molecular complexity index is 1010. The summed E-state index contributed by atoms with van der Waals surface area (Å²) in [6, 6.07) is 6.21. The highest BCUT2D eigenvalue weighted by Gasteiger charge is 2.43. The summed E-state index contributed by atoms with van der Waals surface area (Å²) in [7, 11) is 2.00. The van der Waals surface area contributed by atoms with E-state index in [1.165, 1.54) is 56.6 Å². The maximum absolute atomic E-state index is 10.6. The number of carboxylic acids is 2. The minimum absolute atomic E-state index is 0.413. The quantitative estimate of drug-likeness (QED) is 0.552. The summed E-state index contributed by atoms with van der Waals surface area (Å²) in [6.45, 7) is 5.63. The number of aryl methyl sites for hydroxylation is 1. The summed E-state index contributed by atoms with van der Waals surface area (Å²) in [4.78, 5) is 27.6. The predicted molar refractivity (Wildman–Crippen MR) is 122 cm³/mol. The SMILES string of the molecule is Cn1cc(CN2CCCC23CCN(Cc2ccccn2)CC3)cn1.O=C(O)C(F)(F)F.O=C(O)C(F)(F)F. The minimum atomic E-state index is -5.08. The lowest BCUT2D eigenvalue weighted by atomic mass is 9.84.